The van der Waals surface area contributed by atoms with Gasteiger partial charge >= 0.3 is 0 Å². The van der Waals surface area contributed by atoms with Crippen molar-refractivity contribution in [3.8, 4) is 0 Å². The summed E-state index contributed by atoms with van der Waals surface area (Å²) in [6.07, 6.45) is 5.12. The first-order chi connectivity index (χ1) is 16.2. The van der Waals surface area contributed by atoms with Gasteiger partial charge in [-0.15, -0.1) is 0 Å². The molecule has 0 fully saturated rings. The number of unbranched alkanes of at least 4 members (excludes halogenated alkanes) is 1. The van der Waals surface area contributed by atoms with E-state index in [-0.39, 0.29) is 0 Å². The molecule has 0 amide bonds. The third-order valence-corrected chi connectivity index (χ3v) is 14.0. The van der Waals surface area contributed by atoms with Crippen molar-refractivity contribution in [1.82, 2.24) is 4.90 Å². The molecule has 0 radical (unpaired) electrons. The molecule has 3 aromatic carbocycles. The molecule has 0 heterocycles. The summed E-state index contributed by atoms with van der Waals surface area (Å²) < 4.78 is 0. The van der Waals surface area contributed by atoms with E-state index in [1.54, 1.807) is 0 Å². The molecular weight excluding hydrogens is 414 g/mol. The minimum absolute atomic E-state index is 0.716. The standard InChI is InChI=1S/C31H43NSi/c1-4-33(5-2,6-3)31(25-17-16-20-28-18-10-7-11-19-28)32(26-29-21-12-8-13-22-29)27-30-23-14-9-15-24-30/h7-15,18-19,21-24,31H,4-6,16-17,20,25-27H2,1-3H3. The van der Waals surface area contributed by atoms with Gasteiger partial charge in [0.15, 0.2) is 0 Å². The summed E-state index contributed by atoms with van der Waals surface area (Å²) in [5.74, 6) is 0. The highest BCUT2D eigenvalue weighted by Crippen LogP contribution is 2.33. The van der Waals surface area contributed by atoms with Crippen LogP contribution < -0.4 is 0 Å². The minimum Gasteiger partial charge on any atom is -0.295 e. The van der Waals surface area contributed by atoms with Gasteiger partial charge in [0.1, 0.15) is 0 Å². The van der Waals surface area contributed by atoms with Gasteiger partial charge < -0.3 is 0 Å². The molecule has 0 saturated carbocycles. The fourth-order valence-electron chi connectivity index (χ4n) is 5.56. The Morgan fingerprint density at radius 3 is 1.42 bits per heavy atom. The van der Waals surface area contributed by atoms with Crippen molar-refractivity contribution >= 4 is 8.07 Å². The Morgan fingerprint density at radius 1 is 0.576 bits per heavy atom. The van der Waals surface area contributed by atoms with Gasteiger partial charge in [0.05, 0.1) is 8.07 Å². The summed E-state index contributed by atoms with van der Waals surface area (Å²) >= 11 is 0. The van der Waals surface area contributed by atoms with E-state index in [1.807, 2.05) is 0 Å². The van der Waals surface area contributed by atoms with Gasteiger partial charge in [0.25, 0.3) is 0 Å². The number of hydrogen-bond acceptors (Lipinski definition) is 1. The Labute approximate surface area is 203 Å². The number of benzene rings is 3. The van der Waals surface area contributed by atoms with Gasteiger partial charge in [-0.05, 0) is 36.0 Å². The van der Waals surface area contributed by atoms with Crippen LogP contribution in [0.25, 0.3) is 0 Å². The zero-order valence-corrected chi connectivity index (χ0v) is 22.0. The molecule has 0 aliphatic carbocycles. The van der Waals surface area contributed by atoms with Gasteiger partial charge in [-0.1, -0.05) is 136 Å². The highest BCUT2D eigenvalue weighted by atomic mass is 28.3. The molecule has 1 atom stereocenters. The molecule has 3 aromatic rings. The van der Waals surface area contributed by atoms with Crippen molar-refractivity contribution in [2.75, 3.05) is 0 Å². The minimum atomic E-state index is -1.42. The van der Waals surface area contributed by atoms with E-state index >= 15 is 0 Å². The maximum Gasteiger partial charge on any atom is 0.0722 e. The number of nitrogens with zero attached hydrogens (tertiary/aromatic N) is 1. The second-order valence-corrected chi connectivity index (χ2v) is 15.1. The van der Waals surface area contributed by atoms with E-state index in [4.69, 9.17) is 0 Å². The summed E-state index contributed by atoms with van der Waals surface area (Å²) in [6.45, 7) is 9.51. The summed E-state index contributed by atoms with van der Waals surface area (Å²) in [6, 6.07) is 37.4. The Bertz CT molecular complexity index is 840. The molecular formula is C31H43NSi. The number of hydrogen-bond donors (Lipinski definition) is 0. The van der Waals surface area contributed by atoms with Crippen molar-refractivity contribution in [2.45, 2.75) is 83.3 Å². The molecule has 2 heteroatoms. The van der Waals surface area contributed by atoms with E-state index in [1.165, 1.54) is 60.5 Å². The summed E-state index contributed by atoms with van der Waals surface area (Å²) in [4.78, 5) is 2.86. The SMILES string of the molecule is CC[Si](CC)(CC)C(CCCCc1ccccc1)N(Cc1ccccc1)Cc1ccccc1. The van der Waals surface area contributed by atoms with Gasteiger partial charge in [0.2, 0.25) is 0 Å². The zero-order chi connectivity index (χ0) is 23.4. The van der Waals surface area contributed by atoms with Crippen molar-refractivity contribution in [1.29, 1.82) is 0 Å². The van der Waals surface area contributed by atoms with Gasteiger partial charge in [0, 0.05) is 18.8 Å². The molecule has 0 aliphatic rings. The molecule has 0 spiro atoms. The normalized spacial score (nSPS) is 12.7. The molecule has 176 valence electrons. The first-order valence-electron chi connectivity index (χ1n) is 13.1. The third kappa shape index (κ3) is 7.42. The molecule has 3 rings (SSSR count). The van der Waals surface area contributed by atoms with E-state index in [9.17, 15) is 0 Å². The van der Waals surface area contributed by atoms with Crippen molar-refractivity contribution in [3.05, 3.63) is 108 Å². The van der Waals surface area contributed by atoms with Crippen molar-refractivity contribution in [2.24, 2.45) is 0 Å². The van der Waals surface area contributed by atoms with Gasteiger partial charge in [-0.2, -0.15) is 0 Å². The highest BCUT2D eigenvalue weighted by Gasteiger charge is 2.39. The van der Waals surface area contributed by atoms with E-state index in [0.29, 0.717) is 5.67 Å². The topological polar surface area (TPSA) is 3.24 Å². The van der Waals surface area contributed by atoms with Crippen LogP contribution in [-0.2, 0) is 19.5 Å². The number of aryl methyl sites for hydroxylation is 1. The van der Waals surface area contributed by atoms with Crippen LogP contribution in [0.15, 0.2) is 91.0 Å². The van der Waals surface area contributed by atoms with E-state index in [2.05, 4.69) is 117 Å². The monoisotopic (exact) mass is 457 g/mol. The Morgan fingerprint density at radius 2 is 1.00 bits per heavy atom. The fraction of sp³-hybridized carbons (Fsp3) is 0.419. The lowest BCUT2D eigenvalue weighted by molar-refractivity contribution is 0.211. The molecule has 1 nitrogen and oxygen atoms in total. The van der Waals surface area contributed by atoms with Gasteiger partial charge in [-0.25, -0.2) is 0 Å². The molecule has 0 aliphatic heterocycles. The fourth-order valence-corrected chi connectivity index (χ4v) is 10.2. The summed E-state index contributed by atoms with van der Waals surface area (Å²) in [7, 11) is -1.42. The summed E-state index contributed by atoms with van der Waals surface area (Å²) in [5.41, 5.74) is 5.07. The van der Waals surface area contributed by atoms with Crippen LogP contribution in [0.3, 0.4) is 0 Å². The first-order valence-corrected chi connectivity index (χ1v) is 15.8. The van der Waals surface area contributed by atoms with Crippen LogP contribution >= 0.6 is 0 Å². The molecule has 0 N–H and O–H groups in total. The second-order valence-electron chi connectivity index (χ2n) is 9.55. The Hall–Kier alpha value is -2.16. The third-order valence-electron chi connectivity index (χ3n) is 7.75. The largest absolute Gasteiger partial charge is 0.295 e. The zero-order valence-electron chi connectivity index (χ0n) is 21.0. The molecule has 0 aromatic heterocycles. The summed E-state index contributed by atoms with van der Waals surface area (Å²) in [5, 5.41) is 0. The Balaban J connectivity index is 1.82. The lowest BCUT2D eigenvalue weighted by Gasteiger charge is -2.45. The first kappa shape index (κ1) is 25.5. The van der Waals surface area contributed by atoms with Crippen molar-refractivity contribution in [3.63, 3.8) is 0 Å². The molecule has 0 bridgehead atoms. The highest BCUT2D eigenvalue weighted by molar-refractivity contribution is 6.81. The van der Waals surface area contributed by atoms with Crippen molar-refractivity contribution < 1.29 is 0 Å². The molecule has 33 heavy (non-hydrogen) atoms. The van der Waals surface area contributed by atoms with Crippen LogP contribution in [0.2, 0.25) is 18.1 Å². The van der Waals surface area contributed by atoms with Crippen LogP contribution in [-0.4, -0.2) is 18.6 Å². The molecule has 0 saturated heterocycles. The number of rotatable bonds is 14. The van der Waals surface area contributed by atoms with Crippen LogP contribution in [0, 0.1) is 0 Å². The van der Waals surface area contributed by atoms with E-state index < -0.39 is 8.07 Å². The molecule has 1 unspecified atom stereocenters. The average Bonchev–Trinajstić information content (AvgIpc) is 2.88. The van der Waals surface area contributed by atoms with Crippen LogP contribution in [0.4, 0.5) is 0 Å². The lowest BCUT2D eigenvalue weighted by atomic mass is 10.1. The predicted molar refractivity (Wildman–Crippen MR) is 147 cm³/mol. The second kappa shape index (κ2) is 13.5. The van der Waals surface area contributed by atoms with E-state index in [0.717, 1.165) is 13.1 Å². The van der Waals surface area contributed by atoms with Crippen LogP contribution in [0.5, 0.6) is 0 Å². The quantitative estimate of drug-likeness (QED) is 0.173. The predicted octanol–water partition coefficient (Wildman–Crippen LogP) is 8.52. The van der Waals surface area contributed by atoms with Crippen LogP contribution in [0.1, 0.15) is 56.7 Å². The lowest BCUT2D eigenvalue weighted by Crippen LogP contribution is -2.55. The van der Waals surface area contributed by atoms with Gasteiger partial charge in [-0.3, -0.25) is 4.90 Å². The average molecular weight is 458 g/mol. The maximum absolute atomic E-state index is 2.86. The maximum atomic E-state index is 2.86. The smallest absolute Gasteiger partial charge is 0.0722 e. The Kier molecular flexibility index (Phi) is 10.4.